The minimum absolute atomic E-state index is 0. The molecule has 0 spiro atoms. The van der Waals surface area contributed by atoms with E-state index in [4.69, 9.17) is 0 Å². The molecule has 0 aromatic heterocycles. The molecule has 0 aliphatic carbocycles. The van der Waals surface area contributed by atoms with Crippen LogP contribution < -0.4 is 0 Å². The highest BCUT2D eigenvalue weighted by molar-refractivity contribution is 14.0. The van der Waals surface area contributed by atoms with Gasteiger partial charge < -0.3 is 0 Å². The number of hydrogen-bond acceptors (Lipinski definition) is 4. The van der Waals surface area contributed by atoms with E-state index < -0.39 is 0 Å². The zero-order valence-electron chi connectivity index (χ0n) is 44.8. The second-order valence-electron chi connectivity index (χ2n) is 13.4. The number of amides is 4. The van der Waals surface area contributed by atoms with Crippen molar-refractivity contribution in [3.63, 3.8) is 0 Å². The predicted octanol–water partition coefficient (Wildman–Crippen LogP) is 19.2. The molecule has 10 rings (SSSR count). The van der Waals surface area contributed by atoms with Crippen LogP contribution in [0.25, 0.3) is 75.4 Å². The van der Waals surface area contributed by atoms with E-state index in [1.807, 2.05) is 107 Å². The van der Waals surface area contributed by atoms with Crippen LogP contribution in [0.5, 0.6) is 0 Å². The molecule has 6 atom stereocenters. The summed E-state index contributed by atoms with van der Waals surface area (Å²) in [6, 6.07) is 16.5. The molecule has 0 radical (unpaired) electrons. The molecular formula is C53H90I6N2O4P6. The van der Waals surface area contributed by atoms with Crippen LogP contribution in [0.2, 0.25) is 0 Å². The second-order valence-corrected chi connectivity index (χ2v) is 13.4. The van der Waals surface area contributed by atoms with Gasteiger partial charge in [0.2, 0.25) is 0 Å². The summed E-state index contributed by atoms with van der Waals surface area (Å²) < 4.78 is 0. The topological polar surface area (TPSA) is 74.8 Å². The third-order valence-electron chi connectivity index (χ3n) is 11.0. The SMILES string of the molecule is C.CC.CC.CC.CC.CC.CC.Cc1cc2c3c(cc(C)c4c5ccc6c7c(C)cc8c9c(cc(C)c(c%10ccc(c1c34)c5c%106)c97)C(=O)N(C)C8=O)C(=O)N(C)C2=O.I.I.I.I.I.I.P.P.P.P.P.P. The quantitative estimate of drug-likeness (QED) is 0.0498. The number of rotatable bonds is 0. The van der Waals surface area contributed by atoms with Crippen molar-refractivity contribution in [3.05, 3.63) is 93.0 Å². The smallest absolute Gasteiger partial charge is 0.261 e. The highest BCUT2D eigenvalue weighted by Crippen LogP contribution is 2.52. The molecule has 6 nitrogen and oxygen atoms in total. The third kappa shape index (κ3) is 15.0. The molecule has 2 aliphatic heterocycles. The monoisotopic (exact) mass is 1770 g/mol. The highest BCUT2D eigenvalue weighted by atomic mass is 127. The summed E-state index contributed by atoms with van der Waals surface area (Å²) in [5.74, 6) is -1.10. The standard InChI is InChI=1S/C40H26N2O4.6C2H6.CH4.6HI.6H3P/c1-15-11-23-33-24(38(44)41(5)37(23)43)12-16(2)28-20-9-10-22-30-18(4)14-26-34-25(39(45)42(6)40(26)46)13-17(3)29(36(30)34)21-8-7-19(27(15)35(28)33)31(20)32(21)22;6*1-2;;;;;;;;;;;;;/h7-14H,1-6H3;6*1-2H3;1H4;6*1H;6*1H3. The first-order chi connectivity index (χ1) is 28.0. The minimum Gasteiger partial charge on any atom is -0.277 e. The van der Waals surface area contributed by atoms with Crippen molar-refractivity contribution in [1.29, 1.82) is 0 Å². The van der Waals surface area contributed by atoms with E-state index >= 15 is 0 Å². The molecule has 0 fully saturated rings. The Morgan fingerprint density at radius 2 is 0.437 bits per heavy atom. The Bertz CT molecular complexity index is 2580. The normalized spacial score (nSPS) is 10.4. The summed E-state index contributed by atoms with van der Waals surface area (Å²) in [5.41, 5.74) is 6.24. The number of aryl methyl sites for hydroxylation is 4. The fraction of sp³-hybridized carbons (Fsp3) is 0.358. The van der Waals surface area contributed by atoms with E-state index in [9.17, 15) is 19.2 Å². The molecule has 18 heteroatoms. The number of carbonyl (C=O) groups excluding carboxylic acids is 4. The van der Waals surface area contributed by atoms with Gasteiger partial charge in [-0.1, -0.05) is 115 Å². The van der Waals surface area contributed by atoms with Crippen LogP contribution in [0.4, 0.5) is 0 Å². The van der Waals surface area contributed by atoms with Gasteiger partial charge in [-0.3, -0.25) is 29.0 Å². The number of hydrogen-bond donors (Lipinski definition) is 0. The number of fused-ring (bicyclic) bond motifs is 4. The summed E-state index contributed by atoms with van der Waals surface area (Å²) in [5, 5.41) is 14.3. The van der Waals surface area contributed by atoms with Crippen LogP contribution in [0.3, 0.4) is 0 Å². The van der Waals surface area contributed by atoms with Gasteiger partial charge in [0.05, 0.1) is 0 Å². The van der Waals surface area contributed by atoms with Crippen LogP contribution >= 0.6 is 203 Å². The minimum atomic E-state index is -0.274. The summed E-state index contributed by atoms with van der Waals surface area (Å²) in [6.07, 6.45) is 0. The van der Waals surface area contributed by atoms with Crippen molar-refractivity contribution in [3.8, 4) is 0 Å². The first kappa shape index (κ1) is 94.7. The average molecular weight is 1770 g/mol. The van der Waals surface area contributed by atoms with Crippen LogP contribution in [-0.4, -0.2) is 47.5 Å². The van der Waals surface area contributed by atoms with Crippen molar-refractivity contribution in [2.24, 2.45) is 0 Å². The average Bonchev–Trinajstić information content (AvgIpc) is 3.27. The first-order valence-corrected chi connectivity index (χ1v) is 21.5. The van der Waals surface area contributed by atoms with Gasteiger partial charge in [0, 0.05) is 47.1 Å². The van der Waals surface area contributed by atoms with E-state index in [2.05, 4.69) is 52.0 Å². The summed E-state index contributed by atoms with van der Waals surface area (Å²) in [6.45, 7) is 32.2. The van der Waals surface area contributed by atoms with E-state index in [-0.39, 0.29) is 234 Å². The molecule has 8 aromatic carbocycles. The molecule has 8 aromatic rings. The van der Waals surface area contributed by atoms with E-state index in [1.54, 1.807) is 14.1 Å². The lowest BCUT2D eigenvalue weighted by molar-refractivity contribution is 0.0635. The Hall–Kier alpha value is 1.34. The number of benzene rings is 8. The Labute approximate surface area is 549 Å². The van der Waals surface area contributed by atoms with Crippen LogP contribution in [0, 0.1) is 27.7 Å². The van der Waals surface area contributed by atoms with Gasteiger partial charge in [-0.25, -0.2) is 0 Å². The van der Waals surface area contributed by atoms with Crippen molar-refractivity contribution in [2.45, 2.75) is 118 Å². The van der Waals surface area contributed by atoms with Gasteiger partial charge in [-0.15, -0.1) is 144 Å². The van der Waals surface area contributed by atoms with E-state index in [0.29, 0.717) is 22.3 Å². The zero-order valence-corrected chi connectivity index (χ0v) is 67.3. The maximum absolute atomic E-state index is 13.4. The first-order valence-electron chi connectivity index (χ1n) is 21.5. The third-order valence-corrected chi connectivity index (χ3v) is 11.0. The van der Waals surface area contributed by atoms with Gasteiger partial charge in [0.25, 0.3) is 23.6 Å². The molecule has 6 unspecified atom stereocenters. The lowest BCUT2D eigenvalue weighted by atomic mass is 9.78. The van der Waals surface area contributed by atoms with Crippen molar-refractivity contribution in [2.75, 3.05) is 14.1 Å². The molecular weight excluding hydrogens is 1680 g/mol. The van der Waals surface area contributed by atoms with Gasteiger partial charge in [-0.05, 0) is 139 Å². The fourth-order valence-electron chi connectivity index (χ4n) is 9.11. The number of carbonyl (C=O) groups is 4. The Morgan fingerprint density at radius 3 is 0.592 bits per heavy atom. The van der Waals surface area contributed by atoms with Crippen LogP contribution in [0.1, 0.15) is 154 Å². The molecule has 0 N–H and O–H groups in total. The number of nitrogens with zero attached hydrogens (tertiary/aromatic N) is 2. The van der Waals surface area contributed by atoms with Gasteiger partial charge in [0.15, 0.2) is 0 Å². The van der Waals surface area contributed by atoms with Gasteiger partial charge >= 0.3 is 0 Å². The van der Waals surface area contributed by atoms with E-state index in [1.165, 1.54) is 9.80 Å². The predicted molar refractivity (Wildman–Crippen MR) is 417 cm³/mol. The highest BCUT2D eigenvalue weighted by Gasteiger charge is 2.36. The maximum Gasteiger partial charge on any atom is 0.261 e. The molecule has 2 aliphatic rings. The zero-order chi connectivity index (χ0) is 43.8. The molecule has 0 saturated carbocycles. The summed E-state index contributed by atoms with van der Waals surface area (Å²) in [4.78, 5) is 56.1. The molecule has 71 heavy (non-hydrogen) atoms. The molecule has 408 valence electrons. The van der Waals surface area contributed by atoms with Crippen molar-refractivity contribution in [1.82, 2.24) is 9.80 Å². The molecule has 4 amide bonds. The van der Waals surface area contributed by atoms with Crippen molar-refractivity contribution < 1.29 is 19.2 Å². The van der Waals surface area contributed by atoms with Gasteiger partial charge in [-0.2, -0.15) is 59.4 Å². The molecule has 2 heterocycles. The maximum atomic E-state index is 13.4. The lowest BCUT2D eigenvalue weighted by Gasteiger charge is -2.29. The summed E-state index contributed by atoms with van der Waals surface area (Å²) >= 11 is 0. The number of imide groups is 2. The number of halogens is 6. The molecule has 0 bridgehead atoms. The van der Waals surface area contributed by atoms with Crippen LogP contribution in [-0.2, 0) is 0 Å². The lowest BCUT2D eigenvalue weighted by Crippen LogP contribution is -2.37. The Kier molecular flexibility index (Phi) is 54.1. The fourth-order valence-corrected chi connectivity index (χ4v) is 9.11. The van der Waals surface area contributed by atoms with Crippen LogP contribution in [0.15, 0.2) is 48.5 Å². The second kappa shape index (κ2) is 40.5. The Morgan fingerprint density at radius 1 is 0.282 bits per heavy atom. The largest absolute Gasteiger partial charge is 0.277 e. The van der Waals surface area contributed by atoms with Gasteiger partial charge in [0.1, 0.15) is 0 Å². The molecule has 0 saturated heterocycles. The van der Waals surface area contributed by atoms with E-state index in [0.717, 1.165) is 97.7 Å². The summed E-state index contributed by atoms with van der Waals surface area (Å²) in [7, 11) is 3.10. The Balaban J connectivity index is -0.000000174. The van der Waals surface area contributed by atoms with Crippen molar-refractivity contribution >= 4 is 302 Å².